The molecule has 24 heavy (non-hydrogen) atoms. The zero-order valence-electron chi connectivity index (χ0n) is 13.8. The number of aromatic nitrogens is 1. The van der Waals surface area contributed by atoms with Gasteiger partial charge in [0, 0.05) is 18.2 Å². The van der Waals surface area contributed by atoms with Crippen molar-refractivity contribution in [3.05, 3.63) is 58.7 Å². The zero-order chi connectivity index (χ0) is 17.0. The highest BCUT2D eigenvalue weighted by Crippen LogP contribution is 2.40. The summed E-state index contributed by atoms with van der Waals surface area (Å²) in [6.07, 6.45) is 6.57. The van der Waals surface area contributed by atoms with Crippen LogP contribution < -0.4 is 10.6 Å². The Balaban J connectivity index is 1.66. The standard InChI is InChI=1S/C19H22ClN3S/c1-14-11-16(20)12-21-17(14)23-18(24)22-13-19(9-5-6-10-19)15-7-3-2-4-8-15/h2-4,7-8,11-12H,5-6,9-10,13H2,1H3,(H2,21,22,23,24). The molecular formula is C19H22ClN3S. The molecule has 0 spiro atoms. The van der Waals surface area contributed by atoms with Gasteiger partial charge in [-0.15, -0.1) is 0 Å². The lowest BCUT2D eigenvalue weighted by Gasteiger charge is -2.30. The third kappa shape index (κ3) is 3.87. The summed E-state index contributed by atoms with van der Waals surface area (Å²) in [6, 6.07) is 12.6. The second-order valence-electron chi connectivity index (χ2n) is 6.48. The molecule has 2 N–H and O–H groups in total. The Morgan fingerprint density at radius 2 is 1.96 bits per heavy atom. The molecule has 0 aliphatic heterocycles. The first-order valence-electron chi connectivity index (χ1n) is 8.32. The molecule has 126 valence electrons. The lowest BCUT2D eigenvalue weighted by molar-refractivity contribution is 0.435. The van der Waals surface area contributed by atoms with Gasteiger partial charge in [0.1, 0.15) is 5.82 Å². The molecule has 2 aromatic rings. The summed E-state index contributed by atoms with van der Waals surface area (Å²) in [6.45, 7) is 2.81. The topological polar surface area (TPSA) is 37.0 Å². The van der Waals surface area contributed by atoms with Gasteiger partial charge in [0.2, 0.25) is 0 Å². The molecule has 5 heteroatoms. The number of rotatable bonds is 4. The smallest absolute Gasteiger partial charge is 0.171 e. The molecule has 0 radical (unpaired) electrons. The lowest BCUT2D eigenvalue weighted by atomic mass is 9.79. The monoisotopic (exact) mass is 359 g/mol. The van der Waals surface area contributed by atoms with Crippen molar-refractivity contribution in [1.82, 2.24) is 10.3 Å². The van der Waals surface area contributed by atoms with Crippen LogP contribution in [0.5, 0.6) is 0 Å². The molecule has 0 unspecified atom stereocenters. The summed E-state index contributed by atoms with van der Waals surface area (Å²) in [5, 5.41) is 7.82. The Morgan fingerprint density at radius 3 is 2.62 bits per heavy atom. The van der Waals surface area contributed by atoms with Crippen LogP contribution in [0.2, 0.25) is 5.02 Å². The first kappa shape index (κ1) is 17.2. The summed E-state index contributed by atoms with van der Waals surface area (Å²) in [4.78, 5) is 4.30. The molecular weight excluding hydrogens is 338 g/mol. The Hall–Kier alpha value is -1.65. The van der Waals surface area contributed by atoms with Gasteiger partial charge >= 0.3 is 0 Å². The highest BCUT2D eigenvalue weighted by molar-refractivity contribution is 7.80. The molecule has 1 heterocycles. The number of hydrogen-bond donors (Lipinski definition) is 2. The van der Waals surface area contributed by atoms with Gasteiger partial charge in [0.05, 0.1) is 5.02 Å². The molecule has 0 bridgehead atoms. The molecule has 1 saturated carbocycles. The predicted molar refractivity (Wildman–Crippen MR) is 105 cm³/mol. The van der Waals surface area contributed by atoms with Gasteiger partial charge in [-0.1, -0.05) is 54.8 Å². The molecule has 1 aliphatic carbocycles. The van der Waals surface area contributed by atoms with Gasteiger partial charge in [0.25, 0.3) is 0 Å². The second-order valence-corrected chi connectivity index (χ2v) is 7.32. The molecule has 1 aromatic heterocycles. The minimum atomic E-state index is 0.176. The van der Waals surface area contributed by atoms with Crippen LogP contribution in [0.1, 0.15) is 36.8 Å². The number of aryl methyl sites for hydroxylation is 1. The molecule has 0 atom stereocenters. The number of nitrogens with one attached hydrogen (secondary N) is 2. The van der Waals surface area contributed by atoms with E-state index in [-0.39, 0.29) is 5.41 Å². The molecule has 0 amide bonds. The average molecular weight is 360 g/mol. The van der Waals surface area contributed by atoms with Crippen LogP contribution in [0.3, 0.4) is 0 Å². The van der Waals surface area contributed by atoms with Crippen molar-refractivity contribution in [2.24, 2.45) is 0 Å². The number of nitrogens with zero attached hydrogens (tertiary/aromatic N) is 1. The molecule has 0 saturated heterocycles. The summed E-state index contributed by atoms with van der Waals surface area (Å²) < 4.78 is 0. The number of anilines is 1. The van der Waals surface area contributed by atoms with E-state index in [0.29, 0.717) is 10.1 Å². The van der Waals surface area contributed by atoms with Gasteiger partial charge in [-0.05, 0) is 49.2 Å². The Bertz CT molecular complexity index is 712. The zero-order valence-corrected chi connectivity index (χ0v) is 15.4. The highest BCUT2D eigenvalue weighted by Gasteiger charge is 2.35. The van der Waals surface area contributed by atoms with Gasteiger partial charge in [-0.3, -0.25) is 0 Å². The SMILES string of the molecule is Cc1cc(Cl)cnc1NC(=S)NCC1(c2ccccc2)CCCC1. The van der Waals surface area contributed by atoms with Gasteiger partial charge in [0.15, 0.2) is 5.11 Å². The highest BCUT2D eigenvalue weighted by atomic mass is 35.5. The molecule has 1 aromatic carbocycles. The number of hydrogen-bond acceptors (Lipinski definition) is 2. The fourth-order valence-corrected chi connectivity index (χ4v) is 3.86. The van der Waals surface area contributed by atoms with E-state index in [1.807, 2.05) is 13.0 Å². The van der Waals surface area contributed by atoms with Crippen molar-refractivity contribution in [2.45, 2.75) is 38.0 Å². The van der Waals surface area contributed by atoms with Crippen molar-refractivity contribution >= 4 is 34.7 Å². The van der Waals surface area contributed by atoms with E-state index >= 15 is 0 Å². The van der Waals surface area contributed by atoms with E-state index < -0.39 is 0 Å². The lowest BCUT2D eigenvalue weighted by Crippen LogP contribution is -2.41. The van der Waals surface area contributed by atoms with Crippen LogP contribution >= 0.6 is 23.8 Å². The fraction of sp³-hybridized carbons (Fsp3) is 0.368. The molecule has 1 aliphatic rings. The van der Waals surface area contributed by atoms with Crippen molar-refractivity contribution in [1.29, 1.82) is 0 Å². The van der Waals surface area contributed by atoms with E-state index in [1.165, 1.54) is 31.2 Å². The molecule has 3 rings (SSSR count). The molecule has 3 nitrogen and oxygen atoms in total. The van der Waals surface area contributed by atoms with E-state index in [4.69, 9.17) is 23.8 Å². The Morgan fingerprint density at radius 1 is 1.25 bits per heavy atom. The maximum Gasteiger partial charge on any atom is 0.171 e. The minimum Gasteiger partial charge on any atom is -0.362 e. The van der Waals surface area contributed by atoms with E-state index in [9.17, 15) is 0 Å². The summed E-state index contributed by atoms with van der Waals surface area (Å²) in [5.74, 6) is 0.747. The third-order valence-corrected chi connectivity index (χ3v) is 5.26. The Labute approximate surface area is 153 Å². The van der Waals surface area contributed by atoms with Crippen LogP contribution in [0, 0.1) is 6.92 Å². The third-order valence-electron chi connectivity index (χ3n) is 4.81. The van der Waals surface area contributed by atoms with E-state index in [2.05, 4.69) is 45.9 Å². The largest absolute Gasteiger partial charge is 0.362 e. The van der Waals surface area contributed by atoms with Crippen molar-refractivity contribution < 1.29 is 0 Å². The van der Waals surface area contributed by atoms with Crippen molar-refractivity contribution in [3.8, 4) is 0 Å². The number of benzene rings is 1. The van der Waals surface area contributed by atoms with Gasteiger partial charge in [-0.2, -0.15) is 0 Å². The normalized spacial score (nSPS) is 15.9. The first-order valence-corrected chi connectivity index (χ1v) is 9.10. The van der Waals surface area contributed by atoms with Gasteiger partial charge < -0.3 is 10.6 Å². The van der Waals surface area contributed by atoms with Crippen LogP contribution in [0.25, 0.3) is 0 Å². The predicted octanol–water partition coefficient (Wildman–Crippen LogP) is 4.84. The van der Waals surface area contributed by atoms with Crippen LogP contribution in [-0.2, 0) is 5.41 Å². The quantitative estimate of drug-likeness (QED) is 0.766. The van der Waals surface area contributed by atoms with E-state index in [0.717, 1.165) is 17.9 Å². The van der Waals surface area contributed by atoms with Crippen LogP contribution in [0.4, 0.5) is 5.82 Å². The summed E-state index contributed by atoms with van der Waals surface area (Å²) >= 11 is 11.4. The van der Waals surface area contributed by atoms with Crippen LogP contribution in [-0.4, -0.2) is 16.6 Å². The van der Waals surface area contributed by atoms with Gasteiger partial charge in [-0.25, -0.2) is 4.98 Å². The number of halogens is 1. The second kappa shape index (κ2) is 7.49. The fourth-order valence-electron chi connectivity index (χ4n) is 3.48. The summed E-state index contributed by atoms with van der Waals surface area (Å²) in [7, 11) is 0. The van der Waals surface area contributed by atoms with E-state index in [1.54, 1.807) is 6.20 Å². The number of thiocarbonyl (C=S) groups is 1. The van der Waals surface area contributed by atoms with Crippen molar-refractivity contribution in [3.63, 3.8) is 0 Å². The molecule has 1 fully saturated rings. The minimum absolute atomic E-state index is 0.176. The maximum absolute atomic E-state index is 5.95. The number of pyridine rings is 1. The maximum atomic E-state index is 5.95. The Kier molecular flexibility index (Phi) is 5.36. The van der Waals surface area contributed by atoms with Crippen molar-refractivity contribution in [2.75, 3.05) is 11.9 Å². The first-order chi connectivity index (χ1) is 11.6. The average Bonchev–Trinajstić information content (AvgIpc) is 3.07. The summed E-state index contributed by atoms with van der Waals surface area (Å²) in [5.41, 5.74) is 2.55. The van der Waals surface area contributed by atoms with Crippen LogP contribution in [0.15, 0.2) is 42.6 Å².